The number of halogens is 1. The SMILES string of the molecule is CC[C@H]1OC(=O)C(C)(F)C(=O)[C@@H](C)[C@@H](O[C@@H]2O[C@H](C)CC(N(C)C)C2O)[C@](C)(OC)C[C@@H](C)CN[C@H](C)[C@H]2N(CCCCn3cc(-c4cccnn4)nn3)C(=O)O[C@]12n1ccc(N)nc1=O. The predicted octanol–water partition coefficient (Wildman–Crippen LogP) is 2.32. The molecule has 3 aromatic rings. The molecule has 364 valence electrons. The van der Waals surface area contributed by atoms with E-state index >= 15 is 4.39 Å². The summed E-state index contributed by atoms with van der Waals surface area (Å²) in [6, 6.07) is 2.69. The second-order valence-electron chi connectivity index (χ2n) is 18.6. The monoisotopic (exact) mass is 927 g/mol. The highest BCUT2D eigenvalue weighted by atomic mass is 19.1. The number of alkyl halides is 1. The maximum atomic E-state index is 17.4. The van der Waals surface area contributed by atoms with Crippen LogP contribution in [-0.4, -0.2) is 162 Å². The minimum absolute atomic E-state index is 0.111. The third-order valence-electron chi connectivity index (χ3n) is 13.3. The van der Waals surface area contributed by atoms with Crippen molar-refractivity contribution in [2.24, 2.45) is 11.8 Å². The predicted molar refractivity (Wildman–Crippen MR) is 236 cm³/mol. The van der Waals surface area contributed by atoms with Crippen molar-refractivity contribution in [3.63, 3.8) is 0 Å². The number of nitrogen functional groups attached to an aromatic ring is 1. The van der Waals surface area contributed by atoms with Crippen LogP contribution in [-0.2, 0) is 45.5 Å². The van der Waals surface area contributed by atoms with E-state index in [4.69, 9.17) is 29.4 Å². The van der Waals surface area contributed by atoms with Crippen molar-refractivity contribution in [3.8, 4) is 11.4 Å². The van der Waals surface area contributed by atoms with Crippen LogP contribution >= 0.6 is 0 Å². The van der Waals surface area contributed by atoms with Gasteiger partial charge in [0.25, 0.3) is 11.4 Å². The van der Waals surface area contributed by atoms with E-state index in [1.54, 1.807) is 43.1 Å². The Bertz CT molecular complexity index is 2220. The fourth-order valence-electron chi connectivity index (χ4n) is 9.79. The zero-order valence-electron chi connectivity index (χ0n) is 39.5. The number of likely N-dealkylation sites (N-methyl/N-ethyl adjacent to an activating group) is 1. The van der Waals surface area contributed by atoms with Gasteiger partial charge in [-0.3, -0.25) is 18.9 Å². The maximum absolute atomic E-state index is 17.4. The smallest absolute Gasteiger partial charge is 0.412 e. The molecule has 1 amide bonds. The average molecular weight is 928 g/mol. The molecule has 0 spiro atoms. The van der Waals surface area contributed by atoms with Crippen LogP contribution in [0.3, 0.4) is 0 Å². The fourth-order valence-corrected chi connectivity index (χ4v) is 9.79. The van der Waals surface area contributed by atoms with E-state index in [1.807, 2.05) is 39.8 Å². The van der Waals surface area contributed by atoms with E-state index in [0.717, 1.165) is 11.5 Å². The Morgan fingerprint density at radius 2 is 1.79 bits per heavy atom. The van der Waals surface area contributed by atoms with E-state index in [1.165, 1.54) is 31.2 Å². The summed E-state index contributed by atoms with van der Waals surface area (Å²) in [6.45, 7) is 12.0. The van der Waals surface area contributed by atoms with E-state index in [9.17, 15) is 24.3 Å². The molecule has 66 heavy (non-hydrogen) atoms. The van der Waals surface area contributed by atoms with Gasteiger partial charge in [-0.2, -0.15) is 10.1 Å². The molecule has 3 aromatic heterocycles. The number of hydrogen-bond donors (Lipinski definition) is 3. The van der Waals surface area contributed by atoms with Crippen LogP contribution in [0.2, 0.25) is 0 Å². The van der Waals surface area contributed by atoms with Crippen LogP contribution in [0, 0.1) is 11.8 Å². The van der Waals surface area contributed by atoms with Gasteiger partial charge in [-0.25, -0.2) is 18.8 Å². The highest BCUT2D eigenvalue weighted by Gasteiger charge is 2.64. The Hall–Kier alpha value is -5.00. The number of aliphatic hydroxyl groups is 1. The van der Waals surface area contributed by atoms with Gasteiger partial charge in [0.15, 0.2) is 18.2 Å². The molecule has 6 heterocycles. The van der Waals surface area contributed by atoms with Gasteiger partial charge in [0, 0.05) is 50.6 Å². The number of aryl methyl sites for hydroxylation is 1. The molecule has 22 heteroatoms. The summed E-state index contributed by atoms with van der Waals surface area (Å²) in [6.07, 6.45) is -0.202. The van der Waals surface area contributed by atoms with Crippen LogP contribution in [0.1, 0.15) is 80.6 Å². The number of nitrogens with zero attached hydrogens (tertiary/aromatic N) is 9. The molecule has 6 rings (SSSR count). The van der Waals surface area contributed by atoms with E-state index < -0.39 is 83.1 Å². The van der Waals surface area contributed by atoms with Crippen LogP contribution in [0.15, 0.2) is 41.6 Å². The lowest BCUT2D eigenvalue weighted by Crippen LogP contribution is -2.65. The second kappa shape index (κ2) is 20.5. The quantitative estimate of drug-likeness (QED) is 0.134. The summed E-state index contributed by atoms with van der Waals surface area (Å²) >= 11 is 0. The number of methoxy groups -OCH3 is 1. The van der Waals surface area contributed by atoms with E-state index in [-0.39, 0.29) is 43.3 Å². The number of aromatic nitrogens is 7. The van der Waals surface area contributed by atoms with Crippen molar-refractivity contribution >= 4 is 23.7 Å². The summed E-state index contributed by atoms with van der Waals surface area (Å²) < 4.78 is 51.3. The molecule has 3 aliphatic heterocycles. The number of fused-ring (bicyclic) bond motifs is 1. The average Bonchev–Trinajstić information content (AvgIpc) is 3.87. The zero-order valence-corrected chi connectivity index (χ0v) is 39.5. The fraction of sp³-hybridized carbons (Fsp3) is 0.705. The molecule has 4 N–H and O–H groups in total. The highest BCUT2D eigenvalue weighted by molar-refractivity contribution is 6.07. The Labute approximate surface area is 383 Å². The van der Waals surface area contributed by atoms with Crippen LogP contribution in [0.5, 0.6) is 0 Å². The summed E-state index contributed by atoms with van der Waals surface area (Å²) in [5.41, 5.74) is -0.673. The molecular formula is C44H66FN11O10. The second-order valence-corrected chi connectivity index (χ2v) is 18.6. The van der Waals surface area contributed by atoms with Gasteiger partial charge in [-0.1, -0.05) is 26.0 Å². The summed E-state index contributed by atoms with van der Waals surface area (Å²) in [4.78, 5) is 64.6. The highest BCUT2D eigenvalue weighted by Crippen LogP contribution is 2.43. The number of carbonyl (C=O) groups is 3. The van der Waals surface area contributed by atoms with Gasteiger partial charge in [-0.05, 0) is 105 Å². The molecule has 0 aliphatic carbocycles. The number of esters is 1. The molecule has 3 unspecified atom stereocenters. The summed E-state index contributed by atoms with van der Waals surface area (Å²) in [5.74, 6) is -4.52. The molecule has 3 saturated heterocycles. The Morgan fingerprint density at radius 1 is 1.06 bits per heavy atom. The van der Waals surface area contributed by atoms with Gasteiger partial charge in [-0.15, -0.1) is 10.2 Å². The third-order valence-corrected chi connectivity index (χ3v) is 13.3. The zero-order chi connectivity index (χ0) is 48.3. The number of hydrogen-bond acceptors (Lipinski definition) is 18. The van der Waals surface area contributed by atoms with E-state index in [0.29, 0.717) is 43.7 Å². The first-order chi connectivity index (χ1) is 31.2. The molecule has 0 saturated carbocycles. The number of cyclic esters (lactones) is 1. The van der Waals surface area contributed by atoms with Crippen molar-refractivity contribution in [1.29, 1.82) is 0 Å². The number of aliphatic hydroxyl groups excluding tert-OH is 1. The Kier molecular flexibility index (Phi) is 15.6. The summed E-state index contributed by atoms with van der Waals surface area (Å²) in [7, 11) is 5.11. The van der Waals surface area contributed by atoms with Gasteiger partial charge < -0.3 is 44.7 Å². The van der Waals surface area contributed by atoms with Crippen molar-refractivity contribution in [3.05, 3.63) is 47.3 Å². The number of amides is 1. The number of nitrogens with one attached hydrogen (secondary N) is 1. The first kappa shape index (κ1) is 50.4. The first-order valence-corrected chi connectivity index (χ1v) is 22.6. The number of ether oxygens (including phenoxy) is 5. The number of ketones is 1. The van der Waals surface area contributed by atoms with Crippen molar-refractivity contribution in [1.82, 2.24) is 49.9 Å². The van der Waals surface area contributed by atoms with Gasteiger partial charge in [0.05, 0.1) is 24.0 Å². The van der Waals surface area contributed by atoms with Gasteiger partial charge in [0.2, 0.25) is 0 Å². The molecule has 0 radical (unpaired) electrons. The lowest BCUT2D eigenvalue weighted by Gasteiger charge is -2.47. The standard InChI is InChI=1S/C44H66FN11O10/c1-11-32-44(56-20-16-33(46)49-40(56)60)35(55(41(61)66-44)19-13-12-18-54-24-30(51-52-54)29-15-14-17-48-50-29)28(5)47-23-25(2)22-42(6,62-10)37(27(4)36(58)43(7,45)39(59)64-32)65-38-34(57)31(53(8)9)21-26(3)63-38/h14-17,20,24-28,31-32,34-35,37-38,47,57H,11-13,18-19,21-23H2,1-10H3,(H2,46,49,60)/t25-,26-,27-,28-,31?,32-,34?,35-,37-,38+,42-,43?,44-/m1/s1. The molecule has 3 aliphatic rings. The number of nitrogens with two attached hydrogens (primary N) is 1. The maximum Gasteiger partial charge on any atom is 0.412 e. The molecule has 13 atom stereocenters. The van der Waals surface area contributed by atoms with Crippen LogP contribution in [0.25, 0.3) is 11.4 Å². The number of anilines is 1. The molecular weight excluding hydrogens is 862 g/mol. The number of unbranched alkanes of at least 4 members (excludes halogenated alkanes) is 1. The lowest BCUT2D eigenvalue weighted by atomic mass is 9.78. The minimum Gasteiger partial charge on any atom is -0.453 e. The molecule has 21 nitrogen and oxygen atoms in total. The Morgan fingerprint density at radius 3 is 2.44 bits per heavy atom. The van der Waals surface area contributed by atoms with Gasteiger partial charge >= 0.3 is 17.8 Å². The lowest BCUT2D eigenvalue weighted by molar-refractivity contribution is -0.295. The first-order valence-electron chi connectivity index (χ1n) is 22.6. The molecule has 0 bridgehead atoms. The van der Waals surface area contributed by atoms with Crippen molar-refractivity contribution in [2.75, 3.05) is 40.0 Å². The van der Waals surface area contributed by atoms with Crippen molar-refractivity contribution in [2.45, 2.75) is 153 Å². The van der Waals surface area contributed by atoms with Gasteiger partial charge in [0.1, 0.15) is 29.4 Å². The van der Waals surface area contributed by atoms with Crippen LogP contribution in [0.4, 0.5) is 15.0 Å². The normalized spacial score (nSPS) is 34.9. The van der Waals surface area contributed by atoms with Crippen LogP contribution < -0.4 is 16.7 Å². The number of Topliss-reactive ketones (excluding diaryl/α,β-unsaturated/α-hetero) is 1. The molecule has 0 aromatic carbocycles. The number of rotatable bonds is 12. The summed E-state index contributed by atoms with van der Waals surface area (Å²) in [5, 5.41) is 31.5. The Balaban J connectivity index is 1.38. The van der Waals surface area contributed by atoms with E-state index in [2.05, 4.69) is 30.8 Å². The topological polar surface area (TPSA) is 254 Å². The number of carbonyl (C=O) groups excluding carboxylic acids is 3. The molecule has 3 fully saturated rings. The van der Waals surface area contributed by atoms with Crippen molar-refractivity contribution < 1.29 is 47.6 Å². The largest absolute Gasteiger partial charge is 0.453 e. The minimum atomic E-state index is -3.32. The third kappa shape index (κ3) is 10.1.